The Morgan fingerprint density at radius 1 is 0.500 bits per heavy atom. The zero-order chi connectivity index (χ0) is 31.8. The maximum atomic E-state index is 6.28. The average molecular weight is 618 g/mol. The van der Waals surface area contributed by atoms with Gasteiger partial charge in [-0.3, -0.25) is 4.57 Å². The maximum absolute atomic E-state index is 6.28. The van der Waals surface area contributed by atoms with Crippen LogP contribution in [0, 0.1) is 6.92 Å². The molecule has 0 atom stereocenters. The van der Waals surface area contributed by atoms with E-state index in [0.29, 0.717) is 17.6 Å². The molecule has 0 saturated heterocycles. The lowest BCUT2D eigenvalue weighted by atomic mass is 10.1. The third-order valence-corrected chi connectivity index (χ3v) is 9.31. The van der Waals surface area contributed by atoms with Crippen molar-refractivity contribution < 1.29 is 4.42 Å². The number of hydrogen-bond donors (Lipinski definition) is 0. The zero-order valence-corrected chi connectivity index (χ0v) is 26.0. The van der Waals surface area contributed by atoms with E-state index < -0.39 is 0 Å². The first-order valence-electron chi connectivity index (χ1n) is 16.1. The summed E-state index contributed by atoms with van der Waals surface area (Å²) in [5, 5.41) is 4.32. The van der Waals surface area contributed by atoms with Crippen LogP contribution in [0.1, 0.15) is 5.69 Å². The predicted octanol–water partition coefficient (Wildman–Crippen LogP) is 10.4. The average Bonchev–Trinajstić information content (AvgIpc) is 3.80. The van der Waals surface area contributed by atoms with Crippen molar-refractivity contribution in [3.63, 3.8) is 0 Å². The zero-order valence-electron chi connectivity index (χ0n) is 26.0. The van der Waals surface area contributed by atoms with Crippen LogP contribution in [-0.2, 0) is 0 Å². The molecule has 0 fully saturated rings. The van der Waals surface area contributed by atoms with Crippen LogP contribution in [0.25, 0.3) is 89.2 Å². The van der Waals surface area contributed by atoms with Crippen LogP contribution in [0.15, 0.2) is 150 Å². The normalized spacial score (nSPS) is 11.9. The molecule has 6 nitrogen and oxygen atoms in total. The third kappa shape index (κ3) is 3.83. The minimum Gasteiger partial charge on any atom is -0.456 e. The summed E-state index contributed by atoms with van der Waals surface area (Å²) in [7, 11) is 0. The Kier molecular flexibility index (Phi) is 5.69. The molecule has 5 heterocycles. The van der Waals surface area contributed by atoms with Crippen LogP contribution in [-0.4, -0.2) is 23.9 Å². The van der Waals surface area contributed by atoms with Gasteiger partial charge in [-0.1, -0.05) is 115 Å². The lowest BCUT2D eigenvalue weighted by molar-refractivity contribution is 0.669. The van der Waals surface area contributed by atoms with E-state index in [4.69, 9.17) is 19.4 Å². The van der Waals surface area contributed by atoms with Gasteiger partial charge in [-0.05, 0) is 37.3 Å². The summed E-state index contributed by atoms with van der Waals surface area (Å²) in [6.45, 7) is 2.16. The van der Waals surface area contributed by atoms with Gasteiger partial charge in [0.1, 0.15) is 11.2 Å². The molecule has 5 aromatic heterocycles. The number of hydrogen-bond acceptors (Lipinski definition) is 4. The number of furan rings is 1. The molecule has 5 aromatic carbocycles. The Balaban J connectivity index is 1.37. The molecule has 0 bridgehead atoms. The predicted molar refractivity (Wildman–Crippen MR) is 193 cm³/mol. The smallest absolute Gasteiger partial charge is 0.238 e. The Morgan fingerprint density at radius 3 is 1.98 bits per heavy atom. The number of benzene rings is 5. The molecule has 0 aliphatic heterocycles. The molecule has 0 N–H and O–H groups in total. The summed E-state index contributed by atoms with van der Waals surface area (Å²) in [6.07, 6.45) is 0. The van der Waals surface area contributed by atoms with Gasteiger partial charge in [-0.15, -0.1) is 0 Å². The first kappa shape index (κ1) is 26.7. The van der Waals surface area contributed by atoms with Crippen molar-refractivity contribution in [1.82, 2.24) is 23.9 Å². The second-order valence-electron chi connectivity index (χ2n) is 12.1. The van der Waals surface area contributed by atoms with Crippen molar-refractivity contribution in [3.05, 3.63) is 151 Å². The largest absolute Gasteiger partial charge is 0.456 e. The number of pyridine rings is 1. The summed E-state index contributed by atoms with van der Waals surface area (Å²) in [5.74, 6) is 1.75. The maximum Gasteiger partial charge on any atom is 0.238 e. The highest BCUT2D eigenvalue weighted by Gasteiger charge is 2.26. The fourth-order valence-corrected chi connectivity index (χ4v) is 7.27. The van der Waals surface area contributed by atoms with Gasteiger partial charge >= 0.3 is 0 Å². The minimum absolute atomic E-state index is 0.556. The molecule has 0 aliphatic carbocycles. The number of rotatable bonds is 4. The molecule has 6 heteroatoms. The van der Waals surface area contributed by atoms with Crippen LogP contribution >= 0.6 is 0 Å². The highest BCUT2D eigenvalue weighted by molar-refractivity contribution is 6.21. The summed E-state index contributed by atoms with van der Waals surface area (Å²) in [5.41, 5.74) is 10.0. The van der Waals surface area contributed by atoms with Gasteiger partial charge < -0.3 is 8.82 Å². The van der Waals surface area contributed by atoms with Crippen LogP contribution in [0.4, 0.5) is 0 Å². The second kappa shape index (κ2) is 10.2. The monoisotopic (exact) mass is 617 g/mol. The quantitative estimate of drug-likeness (QED) is 0.197. The number of aryl methyl sites for hydroxylation is 1. The highest BCUT2D eigenvalue weighted by Crippen LogP contribution is 2.43. The van der Waals surface area contributed by atoms with Gasteiger partial charge in [0.2, 0.25) is 5.95 Å². The van der Waals surface area contributed by atoms with Crippen molar-refractivity contribution in [2.45, 2.75) is 6.92 Å². The summed E-state index contributed by atoms with van der Waals surface area (Å²) < 4.78 is 10.9. The minimum atomic E-state index is 0.556. The number of para-hydroxylation sites is 2. The Bertz CT molecular complexity index is 2840. The van der Waals surface area contributed by atoms with Crippen LogP contribution in [0.5, 0.6) is 0 Å². The van der Waals surface area contributed by atoms with E-state index >= 15 is 0 Å². The number of fused-ring (bicyclic) bond motifs is 8. The Hall–Kier alpha value is -6.53. The summed E-state index contributed by atoms with van der Waals surface area (Å²) in [6, 6.07) is 50.0. The SMILES string of the molecule is Cc1cccc2c3c4ccccc4n(-c4nc(-c5ccccc5)nc(-c5cccc6oc7ccccc7c56)n4)c3c(-c3ccccc3)n12. The molecule has 0 amide bonds. The summed E-state index contributed by atoms with van der Waals surface area (Å²) in [4.78, 5) is 15.7. The Labute approximate surface area is 275 Å². The van der Waals surface area contributed by atoms with Crippen molar-refractivity contribution in [3.8, 4) is 40.0 Å². The van der Waals surface area contributed by atoms with E-state index in [1.54, 1.807) is 0 Å². The van der Waals surface area contributed by atoms with E-state index in [0.717, 1.165) is 72.0 Å². The molecule has 48 heavy (non-hydrogen) atoms. The van der Waals surface area contributed by atoms with E-state index in [1.807, 2.05) is 60.7 Å². The Morgan fingerprint density at radius 2 is 1.15 bits per heavy atom. The molecule has 10 rings (SSSR count). The van der Waals surface area contributed by atoms with Gasteiger partial charge in [-0.25, -0.2) is 4.98 Å². The van der Waals surface area contributed by atoms with E-state index in [1.165, 1.54) is 5.39 Å². The highest BCUT2D eigenvalue weighted by atomic mass is 16.3. The van der Waals surface area contributed by atoms with E-state index in [2.05, 4.69) is 101 Å². The molecule has 226 valence electrons. The van der Waals surface area contributed by atoms with Gasteiger partial charge in [0.25, 0.3) is 0 Å². The first-order valence-corrected chi connectivity index (χ1v) is 16.1. The van der Waals surface area contributed by atoms with E-state index in [9.17, 15) is 0 Å². The van der Waals surface area contributed by atoms with Crippen molar-refractivity contribution >= 4 is 49.3 Å². The lowest BCUT2D eigenvalue weighted by Crippen LogP contribution is -2.07. The second-order valence-corrected chi connectivity index (χ2v) is 12.1. The van der Waals surface area contributed by atoms with Crippen molar-refractivity contribution in [2.24, 2.45) is 0 Å². The van der Waals surface area contributed by atoms with Gasteiger partial charge in [-0.2, -0.15) is 9.97 Å². The molecule has 0 spiro atoms. The first-order chi connectivity index (χ1) is 23.7. The van der Waals surface area contributed by atoms with Crippen LogP contribution in [0.3, 0.4) is 0 Å². The van der Waals surface area contributed by atoms with Gasteiger partial charge in [0.05, 0.1) is 22.2 Å². The molecule has 10 aromatic rings. The summed E-state index contributed by atoms with van der Waals surface area (Å²) >= 11 is 0. The number of aromatic nitrogens is 5. The third-order valence-electron chi connectivity index (χ3n) is 9.31. The molecular formula is C42H27N5O. The standard InChI is InChI=1S/C42H27N5O/c1-26-14-12-23-33-37-29-19-8-10-22-32(29)47(39(37)38(46(26)33)27-15-4-2-5-16-27)42-44-40(28-17-6-3-7-18-28)43-41(45-42)31-21-13-25-35-36(31)30-20-9-11-24-34(30)48-35/h2-25H,1H3. The topological polar surface area (TPSA) is 61.2 Å². The molecule has 0 unspecified atom stereocenters. The fourth-order valence-electron chi connectivity index (χ4n) is 7.27. The molecule has 0 aliphatic rings. The van der Waals surface area contributed by atoms with E-state index in [-0.39, 0.29) is 0 Å². The molecule has 0 saturated carbocycles. The lowest BCUT2D eigenvalue weighted by Gasteiger charge is -2.13. The van der Waals surface area contributed by atoms with Crippen LogP contribution in [0.2, 0.25) is 0 Å². The van der Waals surface area contributed by atoms with Gasteiger partial charge in [0.15, 0.2) is 11.6 Å². The molecular weight excluding hydrogens is 590 g/mol. The van der Waals surface area contributed by atoms with Crippen molar-refractivity contribution in [1.29, 1.82) is 0 Å². The van der Waals surface area contributed by atoms with Gasteiger partial charge in [0, 0.05) is 43.9 Å². The fraction of sp³-hybridized carbons (Fsp3) is 0.0238. The molecule has 0 radical (unpaired) electrons. The van der Waals surface area contributed by atoms with Crippen LogP contribution < -0.4 is 0 Å². The van der Waals surface area contributed by atoms with Crippen molar-refractivity contribution in [2.75, 3.05) is 0 Å². The number of nitrogens with zero attached hydrogens (tertiary/aromatic N) is 5.